The Hall–Kier alpha value is -2.57. The Labute approximate surface area is 154 Å². The molecule has 7 heteroatoms. The zero-order chi connectivity index (χ0) is 19.6. The number of nitrogens with zero attached hydrogens (tertiary/aromatic N) is 1. The van der Waals surface area contributed by atoms with Crippen LogP contribution in [-0.2, 0) is 30.4 Å². The summed E-state index contributed by atoms with van der Waals surface area (Å²) in [4.78, 5) is 37.7. The summed E-state index contributed by atoms with van der Waals surface area (Å²) >= 11 is 0. The van der Waals surface area contributed by atoms with E-state index in [1.165, 1.54) is 4.90 Å². The third-order valence-corrected chi connectivity index (χ3v) is 3.72. The van der Waals surface area contributed by atoms with Crippen molar-refractivity contribution < 1.29 is 28.6 Å². The van der Waals surface area contributed by atoms with Crippen LogP contribution in [0.1, 0.15) is 39.7 Å². The van der Waals surface area contributed by atoms with Crippen LogP contribution in [0.4, 0.5) is 4.79 Å². The van der Waals surface area contributed by atoms with Crippen molar-refractivity contribution >= 4 is 18.0 Å². The lowest BCUT2D eigenvalue weighted by molar-refractivity contribution is -0.156. The van der Waals surface area contributed by atoms with Gasteiger partial charge in [-0.15, -0.1) is 0 Å². The molecule has 0 heterocycles. The van der Waals surface area contributed by atoms with Crippen molar-refractivity contribution in [2.45, 2.75) is 46.3 Å². The van der Waals surface area contributed by atoms with Gasteiger partial charge in [0.05, 0.1) is 19.6 Å². The van der Waals surface area contributed by atoms with Crippen LogP contribution < -0.4 is 0 Å². The molecule has 7 nitrogen and oxygen atoms in total. The Morgan fingerprint density at radius 1 is 0.962 bits per heavy atom. The fourth-order valence-corrected chi connectivity index (χ4v) is 2.25. The van der Waals surface area contributed by atoms with Gasteiger partial charge in [-0.25, -0.2) is 9.59 Å². The van der Waals surface area contributed by atoms with Gasteiger partial charge in [-0.2, -0.15) is 0 Å². The summed E-state index contributed by atoms with van der Waals surface area (Å²) < 4.78 is 15.3. The molecule has 26 heavy (non-hydrogen) atoms. The minimum absolute atomic E-state index is 0.0156. The lowest BCUT2D eigenvalue weighted by atomic mass is 10.0. The van der Waals surface area contributed by atoms with Crippen LogP contribution in [0.25, 0.3) is 0 Å². The molecule has 144 valence electrons. The van der Waals surface area contributed by atoms with Crippen LogP contribution >= 0.6 is 0 Å². The molecule has 0 bridgehead atoms. The first-order valence-electron chi connectivity index (χ1n) is 8.64. The lowest BCUT2D eigenvalue weighted by Crippen LogP contribution is -2.54. The molecule has 1 aromatic carbocycles. The molecule has 0 aliphatic rings. The van der Waals surface area contributed by atoms with Crippen molar-refractivity contribution in [1.82, 2.24) is 4.90 Å². The van der Waals surface area contributed by atoms with E-state index in [4.69, 9.17) is 14.2 Å². The molecule has 0 aromatic heterocycles. The molecule has 0 spiro atoms. The largest absolute Gasteiger partial charge is 0.466 e. The van der Waals surface area contributed by atoms with Crippen molar-refractivity contribution in [1.29, 1.82) is 0 Å². The molecule has 0 aliphatic heterocycles. The van der Waals surface area contributed by atoms with Gasteiger partial charge in [0, 0.05) is 6.54 Å². The minimum atomic E-state index is -1.28. The van der Waals surface area contributed by atoms with E-state index in [2.05, 4.69) is 0 Å². The molecular formula is C19H27NO6. The smallest absolute Gasteiger partial charge is 0.411 e. The van der Waals surface area contributed by atoms with Crippen molar-refractivity contribution in [3.8, 4) is 0 Å². The highest BCUT2D eigenvalue weighted by molar-refractivity contribution is 5.85. The van der Waals surface area contributed by atoms with E-state index >= 15 is 0 Å². The monoisotopic (exact) mass is 365 g/mol. The Morgan fingerprint density at radius 3 is 2.15 bits per heavy atom. The molecule has 1 aromatic rings. The first-order valence-corrected chi connectivity index (χ1v) is 8.64. The van der Waals surface area contributed by atoms with Crippen LogP contribution in [0.2, 0.25) is 0 Å². The average molecular weight is 365 g/mol. The van der Waals surface area contributed by atoms with Crippen molar-refractivity contribution in [3.05, 3.63) is 35.9 Å². The summed E-state index contributed by atoms with van der Waals surface area (Å²) in [6, 6.07) is 9.19. The maximum atomic E-state index is 12.6. The molecule has 1 rings (SSSR count). The van der Waals surface area contributed by atoms with Gasteiger partial charge in [-0.1, -0.05) is 30.3 Å². The van der Waals surface area contributed by atoms with E-state index in [9.17, 15) is 14.4 Å². The van der Waals surface area contributed by atoms with Crippen LogP contribution in [0, 0.1) is 0 Å². The number of hydrogen-bond acceptors (Lipinski definition) is 6. The zero-order valence-electron chi connectivity index (χ0n) is 15.8. The molecule has 0 aliphatic carbocycles. The van der Waals surface area contributed by atoms with Gasteiger partial charge < -0.3 is 14.2 Å². The van der Waals surface area contributed by atoms with E-state index in [1.807, 2.05) is 30.3 Å². The summed E-state index contributed by atoms with van der Waals surface area (Å²) in [6.07, 6.45) is -0.742. The number of amides is 1. The van der Waals surface area contributed by atoms with E-state index in [0.717, 1.165) is 5.56 Å². The molecule has 0 unspecified atom stereocenters. The number of carbonyl (C=O) groups is 3. The number of hydrogen-bond donors (Lipinski definition) is 0. The third kappa shape index (κ3) is 6.38. The average Bonchev–Trinajstić information content (AvgIpc) is 2.61. The van der Waals surface area contributed by atoms with Gasteiger partial charge in [-0.3, -0.25) is 9.69 Å². The highest BCUT2D eigenvalue weighted by atomic mass is 16.6. The molecule has 1 amide bonds. The SMILES string of the molecule is CCOC(=O)CCN(C(=O)OCc1ccccc1)C(C)(C)C(=O)OCC. The van der Waals surface area contributed by atoms with E-state index in [0.29, 0.717) is 0 Å². The second kappa shape index (κ2) is 10.4. The number of esters is 2. The van der Waals surface area contributed by atoms with Crippen LogP contribution in [0.5, 0.6) is 0 Å². The maximum absolute atomic E-state index is 12.6. The Balaban J connectivity index is 2.85. The molecule has 0 saturated heterocycles. The minimum Gasteiger partial charge on any atom is -0.466 e. The predicted molar refractivity (Wildman–Crippen MR) is 95.3 cm³/mol. The normalized spacial score (nSPS) is 10.8. The topological polar surface area (TPSA) is 82.1 Å². The molecule has 0 fully saturated rings. The van der Waals surface area contributed by atoms with Gasteiger partial charge in [0.25, 0.3) is 0 Å². The highest BCUT2D eigenvalue weighted by Gasteiger charge is 2.40. The molecule has 0 radical (unpaired) electrons. The van der Waals surface area contributed by atoms with Crippen molar-refractivity contribution in [2.75, 3.05) is 19.8 Å². The fourth-order valence-electron chi connectivity index (χ4n) is 2.25. The Bertz CT molecular complexity index is 599. The second-order valence-corrected chi connectivity index (χ2v) is 6.03. The summed E-state index contributed by atoms with van der Waals surface area (Å²) in [5.74, 6) is -1.02. The number of rotatable bonds is 9. The quantitative estimate of drug-likeness (QED) is 0.494. The number of benzene rings is 1. The van der Waals surface area contributed by atoms with Gasteiger partial charge in [0.1, 0.15) is 12.1 Å². The van der Waals surface area contributed by atoms with E-state index < -0.39 is 23.6 Å². The lowest BCUT2D eigenvalue weighted by Gasteiger charge is -2.35. The molecule has 0 N–H and O–H groups in total. The summed E-state index contributed by atoms with van der Waals surface area (Å²) in [7, 11) is 0. The Kier molecular flexibility index (Phi) is 8.61. The van der Waals surface area contributed by atoms with E-state index in [-0.39, 0.29) is 32.8 Å². The summed E-state index contributed by atoms with van der Waals surface area (Å²) in [5.41, 5.74) is -0.462. The van der Waals surface area contributed by atoms with Gasteiger partial charge >= 0.3 is 18.0 Å². The standard InChI is InChI=1S/C19H27NO6/c1-5-24-16(21)12-13-20(19(3,4)17(22)25-6-2)18(23)26-14-15-10-8-7-9-11-15/h7-11H,5-6,12-14H2,1-4H3. The highest BCUT2D eigenvalue weighted by Crippen LogP contribution is 2.19. The molecule has 0 atom stereocenters. The maximum Gasteiger partial charge on any atom is 0.411 e. The number of carbonyl (C=O) groups excluding carboxylic acids is 3. The summed E-state index contributed by atoms with van der Waals surface area (Å²) in [6.45, 7) is 6.98. The van der Waals surface area contributed by atoms with Crippen LogP contribution in [0.15, 0.2) is 30.3 Å². The zero-order valence-corrected chi connectivity index (χ0v) is 15.8. The van der Waals surface area contributed by atoms with Crippen molar-refractivity contribution in [2.24, 2.45) is 0 Å². The van der Waals surface area contributed by atoms with Gasteiger partial charge in [-0.05, 0) is 33.3 Å². The molecule has 0 saturated carbocycles. The molecular weight excluding hydrogens is 338 g/mol. The van der Waals surface area contributed by atoms with Gasteiger partial charge in [0.2, 0.25) is 0 Å². The Morgan fingerprint density at radius 2 is 1.58 bits per heavy atom. The van der Waals surface area contributed by atoms with Crippen LogP contribution in [-0.4, -0.2) is 48.2 Å². The van der Waals surface area contributed by atoms with Gasteiger partial charge in [0.15, 0.2) is 0 Å². The first kappa shape index (κ1) is 21.5. The van der Waals surface area contributed by atoms with E-state index in [1.54, 1.807) is 27.7 Å². The van der Waals surface area contributed by atoms with Crippen molar-refractivity contribution in [3.63, 3.8) is 0 Å². The fraction of sp³-hybridized carbons (Fsp3) is 0.526. The second-order valence-electron chi connectivity index (χ2n) is 6.03. The number of ether oxygens (including phenoxy) is 3. The first-order chi connectivity index (χ1) is 12.3. The third-order valence-electron chi connectivity index (χ3n) is 3.72. The predicted octanol–water partition coefficient (Wildman–Crippen LogP) is 2.92. The van der Waals surface area contributed by atoms with Crippen LogP contribution in [0.3, 0.4) is 0 Å². The summed E-state index contributed by atoms with van der Waals surface area (Å²) in [5, 5.41) is 0.